The molecule has 1 heterocycles. The van der Waals surface area contributed by atoms with Crippen molar-refractivity contribution in [1.29, 1.82) is 0 Å². The van der Waals surface area contributed by atoms with E-state index in [-0.39, 0.29) is 0 Å². The van der Waals surface area contributed by atoms with E-state index in [0.717, 1.165) is 31.4 Å². The summed E-state index contributed by atoms with van der Waals surface area (Å²) in [6.07, 6.45) is 0. The highest BCUT2D eigenvalue weighted by Crippen LogP contribution is 2.28. The number of imidazole rings is 1. The van der Waals surface area contributed by atoms with Gasteiger partial charge in [-0.05, 0) is 52.7 Å². The van der Waals surface area contributed by atoms with Crippen LogP contribution in [0, 0.1) is 6.92 Å². The fourth-order valence-electron chi connectivity index (χ4n) is 1.98. The van der Waals surface area contributed by atoms with Crippen molar-refractivity contribution in [2.24, 2.45) is 0 Å². The molecule has 0 aliphatic heterocycles. The van der Waals surface area contributed by atoms with Gasteiger partial charge in [-0.1, -0.05) is 28.1 Å². The van der Waals surface area contributed by atoms with Gasteiger partial charge in [-0.3, -0.25) is 0 Å². The number of nitrogens with zero attached hydrogens (tertiary/aromatic N) is 1. The Hall–Kier alpha value is -1.13. The summed E-state index contributed by atoms with van der Waals surface area (Å²) < 4.78 is 2.07. The van der Waals surface area contributed by atoms with Gasteiger partial charge in [0.25, 0.3) is 0 Å². The Morgan fingerprint density at radius 2 is 1.94 bits per heavy atom. The molecular weight excluding hydrogens is 356 g/mol. The third-order valence-electron chi connectivity index (χ3n) is 2.78. The highest BCUT2D eigenvalue weighted by molar-refractivity contribution is 9.11. The number of hydrogen-bond donors (Lipinski definition) is 1. The molecular formula is C14H10Br2N2. The third kappa shape index (κ3) is 2.10. The van der Waals surface area contributed by atoms with E-state index in [2.05, 4.69) is 67.0 Å². The summed E-state index contributed by atoms with van der Waals surface area (Å²) in [5, 5.41) is 0. The average molecular weight is 366 g/mol. The number of rotatable bonds is 1. The van der Waals surface area contributed by atoms with Crippen molar-refractivity contribution in [2.75, 3.05) is 0 Å². The molecule has 0 saturated heterocycles. The van der Waals surface area contributed by atoms with Crippen LogP contribution in [0.25, 0.3) is 22.4 Å². The van der Waals surface area contributed by atoms with Crippen LogP contribution < -0.4 is 0 Å². The normalized spacial score (nSPS) is 11.1. The summed E-state index contributed by atoms with van der Waals surface area (Å²) in [4.78, 5) is 8.00. The van der Waals surface area contributed by atoms with Crippen molar-refractivity contribution >= 4 is 42.9 Å². The molecule has 0 saturated carbocycles. The molecule has 0 unspecified atom stereocenters. The molecule has 0 aliphatic carbocycles. The number of aromatic amines is 1. The molecule has 4 heteroatoms. The topological polar surface area (TPSA) is 28.7 Å². The summed E-state index contributed by atoms with van der Waals surface area (Å²) >= 11 is 7.03. The molecule has 0 fully saturated rings. The second-order valence-electron chi connectivity index (χ2n) is 4.24. The Balaban J connectivity index is 2.22. The van der Waals surface area contributed by atoms with Gasteiger partial charge in [-0.15, -0.1) is 0 Å². The minimum Gasteiger partial charge on any atom is -0.338 e. The first-order chi connectivity index (χ1) is 8.63. The number of aromatic nitrogens is 2. The number of nitrogens with one attached hydrogen (secondary N) is 1. The first kappa shape index (κ1) is 11.9. The summed E-state index contributed by atoms with van der Waals surface area (Å²) in [6.45, 7) is 2.07. The number of halogens is 2. The fraction of sp³-hybridized carbons (Fsp3) is 0.0714. The molecule has 18 heavy (non-hydrogen) atoms. The van der Waals surface area contributed by atoms with Crippen LogP contribution in [0.1, 0.15) is 5.56 Å². The molecule has 3 aromatic rings. The molecule has 90 valence electrons. The summed E-state index contributed by atoms with van der Waals surface area (Å²) in [7, 11) is 0. The van der Waals surface area contributed by atoms with E-state index >= 15 is 0 Å². The maximum atomic E-state index is 4.64. The highest BCUT2D eigenvalue weighted by atomic mass is 79.9. The van der Waals surface area contributed by atoms with Gasteiger partial charge in [0.1, 0.15) is 11.3 Å². The second kappa shape index (κ2) is 4.52. The van der Waals surface area contributed by atoms with Crippen LogP contribution in [0.4, 0.5) is 0 Å². The van der Waals surface area contributed by atoms with Crippen LogP contribution in [0.2, 0.25) is 0 Å². The molecule has 0 radical (unpaired) electrons. The lowest BCUT2D eigenvalue weighted by atomic mass is 10.2. The van der Waals surface area contributed by atoms with Crippen LogP contribution >= 0.6 is 31.9 Å². The number of fused-ring (bicyclic) bond motifs is 1. The molecule has 2 aromatic carbocycles. The summed E-state index contributed by atoms with van der Waals surface area (Å²) in [5.41, 5.74) is 4.30. The van der Waals surface area contributed by atoms with Gasteiger partial charge < -0.3 is 4.98 Å². The largest absolute Gasteiger partial charge is 0.338 e. The summed E-state index contributed by atoms with van der Waals surface area (Å²) in [5.74, 6) is 0.887. The summed E-state index contributed by atoms with van der Waals surface area (Å²) in [6, 6.07) is 12.3. The van der Waals surface area contributed by atoms with Crippen LogP contribution in [0.3, 0.4) is 0 Å². The monoisotopic (exact) mass is 364 g/mol. The molecule has 0 atom stereocenters. The Bertz CT molecular complexity index is 732. The minimum atomic E-state index is 0.887. The lowest BCUT2D eigenvalue weighted by Gasteiger charge is -1.96. The molecule has 1 N–H and O–H groups in total. The molecule has 2 nitrogen and oxygen atoms in total. The van der Waals surface area contributed by atoms with Crippen molar-refractivity contribution in [1.82, 2.24) is 9.97 Å². The maximum absolute atomic E-state index is 4.64. The minimum absolute atomic E-state index is 0.887. The van der Waals surface area contributed by atoms with Gasteiger partial charge in [-0.2, -0.15) is 0 Å². The Morgan fingerprint density at radius 3 is 2.72 bits per heavy atom. The molecule has 0 amide bonds. The molecule has 0 aliphatic rings. The van der Waals surface area contributed by atoms with Gasteiger partial charge in [0, 0.05) is 14.5 Å². The molecule has 0 bridgehead atoms. The lowest BCUT2D eigenvalue weighted by Crippen LogP contribution is -1.79. The maximum Gasteiger partial charge on any atom is 0.138 e. The van der Waals surface area contributed by atoms with Gasteiger partial charge in [0.05, 0.1) is 5.52 Å². The van der Waals surface area contributed by atoms with Crippen LogP contribution in [0.5, 0.6) is 0 Å². The van der Waals surface area contributed by atoms with Crippen molar-refractivity contribution in [2.45, 2.75) is 6.92 Å². The van der Waals surface area contributed by atoms with E-state index < -0.39 is 0 Å². The Morgan fingerprint density at radius 1 is 1.11 bits per heavy atom. The van der Waals surface area contributed by atoms with E-state index in [0.29, 0.717) is 0 Å². The third-order valence-corrected chi connectivity index (χ3v) is 3.88. The van der Waals surface area contributed by atoms with Crippen LogP contribution in [-0.4, -0.2) is 9.97 Å². The SMILES string of the molecule is Cc1cc(Br)c2nc(-c3cccc(Br)c3)[nH]c2c1. The van der Waals surface area contributed by atoms with Gasteiger partial charge in [0.15, 0.2) is 0 Å². The van der Waals surface area contributed by atoms with E-state index in [9.17, 15) is 0 Å². The van der Waals surface area contributed by atoms with Gasteiger partial charge >= 0.3 is 0 Å². The number of H-pyrrole nitrogens is 1. The lowest BCUT2D eigenvalue weighted by molar-refractivity contribution is 1.33. The Kier molecular flexibility index (Phi) is 2.99. The smallest absolute Gasteiger partial charge is 0.138 e. The highest BCUT2D eigenvalue weighted by Gasteiger charge is 2.08. The molecule has 1 aromatic heterocycles. The second-order valence-corrected chi connectivity index (χ2v) is 6.01. The average Bonchev–Trinajstić information content (AvgIpc) is 2.73. The van der Waals surface area contributed by atoms with Crippen molar-refractivity contribution in [3.63, 3.8) is 0 Å². The first-order valence-corrected chi connectivity index (χ1v) is 7.14. The zero-order valence-corrected chi connectivity index (χ0v) is 12.8. The molecule has 0 spiro atoms. The van der Waals surface area contributed by atoms with E-state index in [1.807, 2.05) is 18.2 Å². The predicted molar refractivity (Wildman–Crippen MR) is 81.7 cm³/mol. The van der Waals surface area contributed by atoms with Crippen molar-refractivity contribution in [3.8, 4) is 11.4 Å². The van der Waals surface area contributed by atoms with E-state index in [1.165, 1.54) is 5.56 Å². The van der Waals surface area contributed by atoms with Crippen LogP contribution in [-0.2, 0) is 0 Å². The number of hydrogen-bond acceptors (Lipinski definition) is 1. The standard InChI is InChI=1S/C14H10Br2N2/c1-8-5-11(16)13-12(6-8)17-14(18-13)9-3-2-4-10(15)7-9/h2-7H,1H3,(H,17,18). The van der Waals surface area contributed by atoms with E-state index in [4.69, 9.17) is 0 Å². The van der Waals surface area contributed by atoms with Gasteiger partial charge in [0.2, 0.25) is 0 Å². The van der Waals surface area contributed by atoms with E-state index in [1.54, 1.807) is 0 Å². The van der Waals surface area contributed by atoms with Crippen LogP contribution in [0.15, 0.2) is 45.3 Å². The fourth-order valence-corrected chi connectivity index (χ4v) is 3.05. The predicted octanol–water partition coefficient (Wildman–Crippen LogP) is 5.06. The Labute approximate surface area is 122 Å². The van der Waals surface area contributed by atoms with Crippen molar-refractivity contribution in [3.05, 3.63) is 50.9 Å². The first-order valence-electron chi connectivity index (χ1n) is 5.55. The molecule has 3 rings (SSSR count). The van der Waals surface area contributed by atoms with Crippen molar-refractivity contribution < 1.29 is 0 Å². The number of aryl methyl sites for hydroxylation is 1. The zero-order chi connectivity index (χ0) is 12.7. The van der Waals surface area contributed by atoms with Gasteiger partial charge in [-0.25, -0.2) is 4.98 Å². The number of benzene rings is 2. The zero-order valence-electron chi connectivity index (χ0n) is 9.67. The quantitative estimate of drug-likeness (QED) is 0.641.